The second-order valence-corrected chi connectivity index (χ2v) is 2.84. The van der Waals surface area contributed by atoms with Crippen molar-refractivity contribution < 1.29 is 10.0 Å². The number of aromatic hydroxyl groups is 1. The van der Waals surface area contributed by atoms with Crippen LogP contribution < -0.4 is 11.5 Å². The fraction of sp³-hybridized carbons (Fsp3) is 0.250. The number of benzene rings is 1. The van der Waals surface area contributed by atoms with Gasteiger partial charge in [-0.3, -0.25) is 10.1 Å². The minimum Gasteiger partial charge on any atom is -0.508 e. The zero-order valence-electron chi connectivity index (χ0n) is 7.79. The first-order valence-corrected chi connectivity index (χ1v) is 3.99. The first kappa shape index (κ1) is 13.6. The van der Waals surface area contributed by atoms with Gasteiger partial charge in [0.15, 0.2) is 0 Å². The number of phenolic OH excluding ortho intramolecular Hbond substituents is 1. The van der Waals surface area contributed by atoms with Crippen LogP contribution in [-0.4, -0.2) is 16.6 Å². The Bertz CT molecular complexity index is 359. The lowest BCUT2D eigenvalue weighted by Gasteiger charge is -2.09. The average Bonchev–Trinajstić information content (AvgIpc) is 2.16. The highest BCUT2D eigenvalue weighted by molar-refractivity contribution is 5.85. The van der Waals surface area contributed by atoms with Crippen LogP contribution in [0.3, 0.4) is 0 Å². The third-order valence-electron chi connectivity index (χ3n) is 1.86. The maximum Gasteiger partial charge on any atom is 0.274 e. The van der Waals surface area contributed by atoms with Crippen molar-refractivity contribution in [3.63, 3.8) is 0 Å². The van der Waals surface area contributed by atoms with Crippen molar-refractivity contribution in [2.24, 2.45) is 11.5 Å². The lowest BCUT2D eigenvalue weighted by atomic mass is 10.1. The molecule has 0 amide bonds. The van der Waals surface area contributed by atoms with Crippen LogP contribution in [0, 0.1) is 10.1 Å². The van der Waals surface area contributed by atoms with Gasteiger partial charge in [-0.05, 0) is 12.1 Å². The fourth-order valence-corrected chi connectivity index (χ4v) is 1.13. The van der Waals surface area contributed by atoms with Gasteiger partial charge in [0.05, 0.1) is 10.5 Å². The molecule has 0 heterocycles. The van der Waals surface area contributed by atoms with Crippen LogP contribution in [0.25, 0.3) is 0 Å². The van der Waals surface area contributed by atoms with Crippen molar-refractivity contribution in [3.05, 3.63) is 33.9 Å². The third-order valence-corrected chi connectivity index (χ3v) is 1.86. The Kier molecular flexibility index (Phi) is 4.99. The monoisotopic (exact) mass is 233 g/mol. The molecule has 5 N–H and O–H groups in total. The lowest BCUT2D eigenvalue weighted by molar-refractivity contribution is -0.385. The molecule has 84 valence electrons. The smallest absolute Gasteiger partial charge is 0.274 e. The van der Waals surface area contributed by atoms with Gasteiger partial charge in [0.2, 0.25) is 0 Å². The Balaban J connectivity index is 0.00000196. The van der Waals surface area contributed by atoms with Crippen molar-refractivity contribution in [1.29, 1.82) is 0 Å². The highest BCUT2D eigenvalue weighted by Crippen LogP contribution is 2.26. The van der Waals surface area contributed by atoms with Crippen LogP contribution in [0.15, 0.2) is 18.2 Å². The molecule has 1 rings (SSSR count). The molecule has 0 radical (unpaired) electrons. The Morgan fingerprint density at radius 3 is 2.60 bits per heavy atom. The highest BCUT2D eigenvalue weighted by atomic mass is 35.5. The second-order valence-electron chi connectivity index (χ2n) is 2.84. The summed E-state index contributed by atoms with van der Waals surface area (Å²) in [6.45, 7) is 0.0876. The van der Waals surface area contributed by atoms with Gasteiger partial charge in [-0.2, -0.15) is 0 Å². The number of halogens is 1. The number of phenols is 1. The molecule has 1 aromatic carbocycles. The van der Waals surface area contributed by atoms with Crippen molar-refractivity contribution in [2.75, 3.05) is 6.54 Å². The summed E-state index contributed by atoms with van der Waals surface area (Å²) in [6, 6.07) is 3.07. The minimum absolute atomic E-state index is 0. The first-order valence-electron chi connectivity index (χ1n) is 3.99. The number of hydrogen-bond donors (Lipinski definition) is 3. The zero-order valence-corrected chi connectivity index (χ0v) is 8.61. The average molecular weight is 234 g/mol. The summed E-state index contributed by atoms with van der Waals surface area (Å²) in [4.78, 5) is 10.0. The first-order chi connectivity index (χ1) is 6.56. The zero-order chi connectivity index (χ0) is 10.7. The van der Waals surface area contributed by atoms with Gasteiger partial charge in [-0.15, -0.1) is 12.4 Å². The van der Waals surface area contributed by atoms with Gasteiger partial charge >= 0.3 is 0 Å². The van der Waals surface area contributed by atoms with Crippen molar-refractivity contribution in [1.82, 2.24) is 0 Å². The molecule has 0 fully saturated rings. The van der Waals surface area contributed by atoms with Crippen LogP contribution >= 0.6 is 12.4 Å². The number of hydrogen-bond acceptors (Lipinski definition) is 5. The van der Waals surface area contributed by atoms with Gasteiger partial charge in [0.25, 0.3) is 5.69 Å². The van der Waals surface area contributed by atoms with Crippen molar-refractivity contribution in [3.8, 4) is 5.75 Å². The SMILES string of the molecule is Cl.NC[C@@H](N)c1cc(O)ccc1[N+](=O)[O-]. The highest BCUT2D eigenvalue weighted by Gasteiger charge is 2.18. The molecule has 1 atom stereocenters. The molecule has 0 aliphatic rings. The van der Waals surface area contributed by atoms with E-state index in [9.17, 15) is 10.1 Å². The maximum atomic E-state index is 10.6. The normalized spacial score (nSPS) is 11.6. The molecule has 1 aromatic rings. The van der Waals surface area contributed by atoms with Gasteiger partial charge in [0, 0.05) is 18.7 Å². The van der Waals surface area contributed by atoms with Gasteiger partial charge in [-0.25, -0.2) is 0 Å². The number of nitrogens with zero attached hydrogens (tertiary/aromatic N) is 1. The van der Waals surface area contributed by atoms with E-state index in [0.717, 1.165) is 0 Å². The summed E-state index contributed by atoms with van der Waals surface area (Å²) in [5, 5.41) is 19.7. The molecule has 0 aliphatic heterocycles. The number of nitro groups is 1. The van der Waals surface area contributed by atoms with Crippen LogP contribution in [0.5, 0.6) is 5.75 Å². The largest absolute Gasteiger partial charge is 0.508 e. The van der Waals surface area contributed by atoms with E-state index in [2.05, 4.69) is 0 Å². The van der Waals surface area contributed by atoms with E-state index >= 15 is 0 Å². The molecular weight excluding hydrogens is 222 g/mol. The molecule has 15 heavy (non-hydrogen) atoms. The topological polar surface area (TPSA) is 115 Å². The predicted octanol–water partition coefficient (Wildman–Crippen LogP) is 0.681. The molecule has 7 heteroatoms. The van der Waals surface area contributed by atoms with E-state index < -0.39 is 11.0 Å². The molecule has 0 unspecified atom stereocenters. The summed E-state index contributed by atoms with van der Waals surface area (Å²) in [5.41, 5.74) is 11.0. The summed E-state index contributed by atoms with van der Waals surface area (Å²) in [7, 11) is 0. The molecular formula is C8H12ClN3O3. The van der Waals surface area contributed by atoms with E-state index in [-0.39, 0.29) is 36.0 Å². The van der Waals surface area contributed by atoms with E-state index in [4.69, 9.17) is 16.6 Å². The molecule has 0 saturated carbocycles. The van der Waals surface area contributed by atoms with Crippen molar-refractivity contribution in [2.45, 2.75) is 6.04 Å². The summed E-state index contributed by atoms with van der Waals surface area (Å²) in [6.07, 6.45) is 0. The van der Waals surface area contributed by atoms with E-state index in [0.29, 0.717) is 0 Å². The Labute approximate surface area is 92.4 Å². The number of nitro benzene ring substituents is 1. The summed E-state index contributed by atoms with van der Waals surface area (Å²) in [5.74, 6) is -0.0606. The molecule has 0 aliphatic carbocycles. The van der Waals surface area contributed by atoms with Crippen LogP contribution in [0.1, 0.15) is 11.6 Å². The maximum absolute atomic E-state index is 10.6. The number of rotatable bonds is 3. The summed E-state index contributed by atoms with van der Waals surface area (Å²) >= 11 is 0. The van der Waals surface area contributed by atoms with Gasteiger partial charge in [0.1, 0.15) is 5.75 Å². The van der Waals surface area contributed by atoms with Crippen LogP contribution in [0.2, 0.25) is 0 Å². The molecule has 0 bridgehead atoms. The predicted molar refractivity (Wildman–Crippen MR) is 58.0 cm³/mol. The number of nitrogens with two attached hydrogens (primary N) is 2. The van der Waals surface area contributed by atoms with Crippen LogP contribution in [-0.2, 0) is 0 Å². The van der Waals surface area contributed by atoms with Gasteiger partial charge < -0.3 is 16.6 Å². The van der Waals surface area contributed by atoms with Crippen molar-refractivity contribution >= 4 is 18.1 Å². The Hall–Kier alpha value is -1.37. The standard InChI is InChI=1S/C8H11N3O3.ClH/c9-4-7(10)6-3-5(12)1-2-8(6)11(13)14;/h1-3,7,12H,4,9-10H2;1H/t7-;/m1./s1. The van der Waals surface area contributed by atoms with E-state index in [1.54, 1.807) is 0 Å². The van der Waals surface area contributed by atoms with E-state index in [1.165, 1.54) is 18.2 Å². The summed E-state index contributed by atoms with van der Waals surface area (Å²) < 4.78 is 0. The molecule has 0 aromatic heterocycles. The lowest BCUT2D eigenvalue weighted by Crippen LogP contribution is -2.21. The molecule has 0 spiro atoms. The molecule has 6 nitrogen and oxygen atoms in total. The third kappa shape index (κ3) is 3.05. The molecule has 0 saturated heterocycles. The second kappa shape index (κ2) is 5.50. The quantitative estimate of drug-likeness (QED) is 0.525. The fourth-order valence-electron chi connectivity index (χ4n) is 1.13. The van der Waals surface area contributed by atoms with Crippen LogP contribution in [0.4, 0.5) is 5.69 Å². The van der Waals surface area contributed by atoms with Gasteiger partial charge in [-0.1, -0.05) is 0 Å². The Morgan fingerprint density at radius 2 is 2.13 bits per heavy atom. The Morgan fingerprint density at radius 1 is 1.53 bits per heavy atom. The minimum atomic E-state index is -0.637. The van der Waals surface area contributed by atoms with E-state index in [1.807, 2.05) is 0 Å².